The largest absolute Gasteiger partial charge is 0.489 e. The van der Waals surface area contributed by atoms with Crippen LogP contribution in [0.15, 0.2) is 54.6 Å². The maximum atomic E-state index is 15.1. The van der Waals surface area contributed by atoms with E-state index in [0.29, 0.717) is 16.9 Å². The Labute approximate surface area is 220 Å². The van der Waals surface area contributed by atoms with Crippen LogP contribution in [0.5, 0.6) is 5.75 Å². The first-order valence-electron chi connectivity index (χ1n) is 14.0. The predicted octanol–water partition coefficient (Wildman–Crippen LogP) is 10.2. The van der Waals surface area contributed by atoms with Gasteiger partial charge in [-0.3, -0.25) is 0 Å². The molecule has 0 amide bonds. The molecule has 0 bridgehead atoms. The van der Waals surface area contributed by atoms with Gasteiger partial charge in [0, 0.05) is 5.56 Å². The predicted molar refractivity (Wildman–Crippen MR) is 145 cm³/mol. The minimum atomic E-state index is -0.781. The lowest BCUT2D eigenvalue weighted by atomic mass is 9.77. The standard InChI is InChI=1S/C33H39F3O/c1-3-5-6-8-27-14-11-24(21-31(27)34)22-37-28-17-15-26(16-18-28)30-20-19-29(32(35)33(30)36)25-12-9-23(7-4-2)10-13-25/h11,14-21,23,25H,3-10,12-13,22H2,1-2H3. The van der Waals surface area contributed by atoms with Gasteiger partial charge in [0.15, 0.2) is 11.6 Å². The second-order valence-electron chi connectivity index (χ2n) is 10.5. The summed E-state index contributed by atoms with van der Waals surface area (Å²) in [5.74, 6) is -0.265. The molecule has 1 nitrogen and oxygen atoms in total. The average molecular weight is 509 g/mol. The Morgan fingerprint density at radius 3 is 2.22 bits per heavy atom. The summed E-state index contributed by atoms with van der Waals surface area (Å²) in [4.78, 5) is 0. The number of aryl methyl sites for hydroxylation is 1. The number of rotatable bonds is 11. The summed E-state index contributed by atoms with van der Waals surface area (Å²) >= 11 is 0. The topological polar surface area (TPSA) is 9.23 Å². The fourth-order valence-corrected chi connectivity index (χ4v) is 5.62. The molecule has 4 heteroatoms. The van der Waals surface area contributed by atoms with Crippen molar-refractivity contribution >= 4 is 0 Å². The van der Waals surface area contributed by atoms with Crippen molar-refractivity contribution in [3.63, 3.8) is 0 Å². The molecule has 0 spiro atoms. The highest BCUT2D eigenvalue weighted by Crippen LogP contribution is 2.40. The van der Waals surface area contributed by atoms with Crippen LogP contribution in [-0.4, -0.2) is 0 Å². The summed E-state index contributed by atoms with van der Waals surface area (Å²) in [6, 6.07) is 15.7. The number of halogens is 3. The van der Waals surface area contributed by atoms with Gasteiger partial charge < -0.3 is 4.74 Å². The summed E-state index contributed by atoms with van der Waals surface area (Å²) in [6.07, 6.45) is 10.4. The lowest BCUT2D eigenvalue weighted by Gasteiger charge is -2.29. The molecule has 37 heavy (non-hydrogen) atoms. The number of hydrogen-bond donors (Lipinski definition) is 0. The molecule has 0 atom stereocenters. The zero-order valence-corrected chi connectivity index (χ0v) is 22.2. The van der Waals surface area contributed by atoms with E-state index in [4.69, 9.17) is 4.74 Å². The van der Waals surface area contributed by atoms with E-state index in [2.05, 4.69) is 13.8 Å². The maximum absolute atomic E-state index is 15.1. The van der Waals surface area contributed by atoms with Crippen LogP contribution in [0.1, 0.15) is 94.2 Å². The van der Waals surface area contributed by atoms with E-state index in [1.807, 2.05) is 12.1 Å². The number of hydrogen-bond acceptors (Lipinski definition) is 1. The molecule has 0 aromatic heterocycles. The van der Waals surface area contributed by atoms with Crippen LogP contribution in [0.4, 0.5) is 13.2 Å². The minimum absolute atomic E-state index is 0.0997. The Hall–Kier alpha value is -2.75. The Bertz CT molecular complexity index is 1150. The smallest absolute Gasteiger partial charge is 0.166 e. The van der Waals surface area contributed by atoms with Gasteiger partial charge in [0.25, 0.3) is 0 Å². The van der Waals surface area contributed by atoms with E-state index >= 15 is 8.78 Å². The SMILES string of the molecule is CCCCCc1ccc(COc2ccc(-c3ccc(C4CCC(CCC)CC4)c(F)c3F)cc2)cc1F. The van der Waals surface area contributed by atoms with E-state index in [-0.39, 0.29) is 23.9 Å². The van der Waals surface area contributed by atoms with Gasteiger partial charge >= 0.3 is 0 Å². The first-order valence-corrected chi connectivity index (χ1v) is 14.0. The normalized spacial score (nSPS) is 17.6. The zero-order valence-electron chi connectivity index (χ0n) is 22.2. The van der Waals surface area contributed by atoms with Crippen molar-refractivity contribution in [1.82, 2.24) is 0 Å². The number of unbranched alkanes of at least 4 members (excludes halogenated alkanes) is 2. The zero-order chi connectivity index (χ0) is 26.2. The maximum Gasteiger partial charge on any atom is 0.166 e. The summed E-state index contributed by atoms with van der Waals surface area (Å²) in [5, 5.41) is 0. The summed E-state index contributed by atoms with van der Waals surface area (Å²) in [6.45, 7) is 4.57. The van der Waals surface area contributed by atoms with Crippen LogP contribution >= 0.6 is 0 Å². The molecule has 1 fully saturated rings. The molecular weight excluding hydrogens is 469 g/mol. The number of ether oxygens (including phenoxy) is 1. The highest BCUT2D eigenvalue weighted by molar-refractivity contribution is 5.65. The van der Waals surface area contributed by atoms with Gasteiger partial charge in [0.2, 0.25) is 0 Å². The molecule has 1 saturated carbocycles. The van der Waals surface area contributed by atoms with E-state index in [1.165, 1.54) is 18.9 Å². The first kappa shape index (κ1) is 27.3. The second-order valence-corrected chi connectivity index (χ2v) is 10.5. The van der Waals surface area contributed by atoms with Gasteiger partial charge in [-0.15, -0.1) is 0 Å². The third-order valence-corrected chi connectivity index (χ3v) is 7.83. The highest BCUT2D eigenvalue weighted by atomic mass is 19.2. The highest BCUT2D eigenvalue weighted by Gasteiger charge is 2.26. The molecule has 0 aliphatic heterocycles. The van der Waals surface area contributed by atoms with Crippen LogP contribution < -0.4 is 4.74 Å². The van der Waals surface area contributed by atoms with E-state index < -0.39 is 11.6 Å². The number of benzene rings is 3. The Balaban J connectivity index is 1.37. The van der Waals surface area contributed by atoms with Crippen molar-refractivity contribution in [3.05, 3.63) is 88.7 Å². The van der Waals surface area contributed by atoms with Gasteiger partial charge in [0.1, 0.15) is 18.2 Å². The summed E-state index contributed by atoms with van der Waals surface area (Å²) in [5.41, 5.74) is 2.87. The fourth-order valence-electron chi connectivity index (χ4n) is 5.62. The van der Waals surface area contributed by atoms with Crippen molar-refractivity contribution in [2.24, 2.45) is 5.92 Å². The van der Waals surface area contributed by atoms with Crippen molar-refractivity contribution < 1.29 is 17.9 Å². The third-order valence-electron chi connectivity index (χ3n) is 7.83. The molecule has 0 unspecified atom stereocenters. The summed E-state index contributed by atoms with van der Waals surface area (Å²) in [7, 11) is 0. The van der Waals surface area contributed by atoms with Crippen LogP contribution in [0.3, 0.4) is 0 Å². The van der Waals surface area contributed by atoms with Crippen LogP contribution in [0.2, 0.25) is 0 Å². The molecule has 3 aromatic rings. The monoisotopic (exact) mass is 508 g/mol. The van der Waals surface area contributed by atoms with Gasteiger partial charge in [-0.1, -0.05) is 75.9 Å². The average Bonchev–Trinajstić information content (AvgIpc) is 2.91. The third kappa shape index (κ3) is 6.97. The lowest BCUT2D eigenvalue weighted by Crippen LogP contribution is -2.14. The quantitative estimate of drug-likeness (QED) is 0.234. The molecule has 0 saturated heterocycles. The Morgan fingerprint density at radius 2 is 1.54 bits per heavy atom. The van der Waals surface area contributed by atoms with Gasteiger partial charge in [-0.05, 0) is 90.8 Å². The van der Waals surface area contributed by atoms with Crippen molar-refractivity contribution in [3.8, 4) is 16.9 Å². The molecule has 1 aliphatic rings. The molecule has 198 valence electrons. The fraction of sp³-hybridized carbons (Fsp3) is 0.455. The second kappa shape index (κ2) is 13.2. The Kier molecular flexibility index (Phi) is 9.71. The van der Waals surface area contributed by atoms with Crippen LogP contribution in [0.25, 0.3) is 11.1 Å². The first-order chi connectivity index (χ1) is 18.0. The van der Waals surface area contributed by atoms with Gasteiger partial charge in [-0.25, -0.2) is 13.2 Å². The molecular formula is C33H39F3O. The van der Waals surface area contributed by atoms with Crippen LogP contribution in [0, 0.1) is 23.4 Å². The lowest BCUT2D eigenvalue weighted by molar-refractivity contribution is 0.303. The van der Waals surface area contributed by atoms with Crippen molar-refractivity contribution in [1.29, 1.82) is 0 Å². The Morgan fingerprint density at radius 1 is 0.784 bits per heavy atom. The summed E-state index contributed by atoms with van der Waals surface area (Å²) < 4.78 is 50.4. The van der Waals surface area contributed by atoms with E-state index in [0.717, 1.165) is 68.4 Å². The molecule has 0 N–H and O–H groups in total. The van der Waals surface area contributed by atoms with E-state index in [9.17, 15) is 4.39 Å². The molecule has 3 aromatic carbocycles. The van der Waals surface area contributed by atoms with Gasteiger partial charge in [-0.2, -0.15) is 0 Å². The van der Waals surface area contributed by atoms with Gasteiger partial charge in [0.05, 0.1) is 0 Å². The van der Waals surface area contributed by atoms with Crippen molar-refractivity contribution in [2.45, 2.75) is 90.6 Å². The molecule has 4 rings (SSSR count). The molecule has 0 radical (unpaired) electrons. The van der Waals surface area contributed by atoms with Crippen LogP contribution in [-0.2, 0) is 13.0 Å². The van der Waals surface area contributed by atoms with E-state index in [1.54, 1.807) is 36.4 Å². The molecule has 0 heterocycles. The molecule has 1 aliphatic carbocycles. The minimum Gasteiger partial charge on any atom is -0.489 e. The van der Waals surface area contributed by atoms with Crippen molar-refractivity contribution in [2.75, 3.05) is 0 Å².